The second-order valence-corrected chi connectivity index (χ2v) is 6.34. The Morgan fingerprint density at radius 2 is 1.76 bits per heavy atom. The Bertz CT molecular complexity index is 1060. The molecular weight excluding hydrogens is 396 g/mol. The van der Waals surface area contributed by atoms with Crippen molar-refractivity contribution in [3.8, 4) is 11.5 Å². The topological polar surface area (TPSA) is 97.2 Å². The molecule has 0 radical (unpaired) electrons. The quantitative estimate of drug-likeness (QED) is 0.436. The monoisotopic (exact) mass is 412 g/mol. The van der Waals surface area contributed by atoms with E-state index in [9.17, 15) is 9.59 Å². The van der Waals surface area contributed by atoms with Crippen LogP contribution in [0.4, 0.5) is 0 Å². The van der Waals surface area contributed by atoms with Gasteiger partial charge in [-0.25, -0.2) is 10.2 Å². The Labute approximate surface area is 171 Å². The number of amides is 1. The predicted molar refractivity (Wildman–Crippen MR) is 110 cm³/mol. The maximum absolute atomic E-state index is 12.0. The van der Waals surface area contributed by atoms with Gasteiger partial charge in [-0.05, 0) is 35.2 Å². The van der Waals surface area contributed by atoms with E-state index in [1.165, 1.54) is 12.3 Å². The Kier molecular flexibility index (Phi) is 6.65. The van der Waals surface area contributed by atoms with Crippen LogP contribution in [0.15, 0.2) is 65.8 Å². The summed E-state index contributed by atoms with van der Waals surface area (Å²) in [6.07, 6.45) is 1.41. The maximum Gasteiger partial charge on any atom is 0.341 e. The van der Waals surface area contributed by atoms with Gasteiger partial charge in [0, 0.05) is 5.39 Å². The van der Waals surface area contributed by atoms with Crippen LogP contribution in [0.1, 0.15) is 5.56 Å². The van der Waals surface area contributed by atoms with Crippen LogP contribution in [-0.2, 0) is 9.59 Å². The van der Waals surface area contributed by atoms with Gasteiger partial charge in [0.1, 0.15) is 11.5 Å². The largest absolute Gasteiger partial charge is 0.483 e. The fourth-order valence-electron chi connectivity index (χ4n) is 2.53. The Hall–Kier alpha value is -3.58. The smallest absolute Gasteiger partial charge is 0.341 e. The number of ether oxygens (including phenoxy) is 2. The molecule has 2 N–H and O–H groups in total. The molecule has 0 saturated heterocycles. The lowest BCUT2D eigenvalue weighted by molar-refractivity contribution is -0.139. The van der Waals surface area contributed by atoms with Crippen LogP contribution < -0.4 is 14.9 Å². The lowest BCUT2D eigenvalue weighted by Gasteiger charge is -2.08. The third kappa shape index (κ3) is 5.70. The zero-order chi connectivity index (χ0) is 20.6. The molecule has 0 bridgehead atoms. The SMILES string of the molecule is O=C(O)COc1ccc(C=NNC(=O)COc2cccc3ccccc23)cc1Cl. The normalized spacial score (nSPS) is 10.8. The van der Waals surface area contributed by atoms with Crippen molar-refractivity contribution in [2.24, 2.45) is 5.10 Å². The van der Waals surface area contributed by atoms with Gasteiger partial charge in [0.15, 0.2) is 13.2 Å². The number of benzene rings is 3. The number of hydrazone groups is 1. The Morgan fingerprint density at radius 1 is 1.00 bits per heavy atom. The molecule has 0 aliphatic rings. The number of aliphatic carboxylic acids is 1. The van der Waals surface area contributed by atoms with E-state index in [1.54, 1.807) is 18.2 Å². The number of carboxylic acids is 1. The van der Waals surface area contributed by atoms with Crippen LogP contribution in [0.2, 0.25) is 5.02 Å². The number of carbonyl (C=O) groups is 2. The summed E-state index contributed by atoms with van der Waals surface area (Å²) in [6, 6.07) is 18.1. The number of fused-ring (bicyclic) bond motifs is 1. The first-order valence-electron chi connectivity index (χ1n) is 8.59. The van der Waals surface area contributed by atoms with E-state index >= 15 is 0 Å². The molecule has 3 aromatic carbocycles. The molecule has 0 atom stereocenters. The lowest BCUT2D eigenvalue weighted by atomic mass is 10.1. The van der Waals surface area contributed by atoms with Crippen molar-refractivity contribution in [3.63, 3.8) is 0 Å². The Morgan fingerprint density at radius 3 is 2.55 bits per heavy atom. The van der Waals surface area contributed by atoms with Crippen molar-refractivity contribution in [2.45, 2.75) is 0 Å². The zero-order valence-corrected chi connectivity index (χ0v) is 15.9. The summed E-state index contributed by atoms with van der Waals surface area (Å²) in [6.45, 7) is -0.673. The standard InChI is InChI=1S/C21H17ClN2O5/c22-17-10-14(8-9-19(17)29-13-21(26)27)11-23-24-20(25)12-28-18-7-3-5-15-4-1-2-6-16(15)18/h1-11H,12-13H2,(H,24,25)(H,26,27). The number of carboxylic acid groups (broad SMARTS) is 1. The number of hydrogen-bond donors (Lipinski definition) is 2. The highest BCUT2D eigenvalue weighted by Crippen LogP contribution is 2.25. The first kappa shape index (κ1) is 20.2. The van der Waals surface area contributed by atoms with E-state index in [0.717, 1.165) is 10.8 Å². The van der Waals surface area contributed by atoms with Crippen LogP contribution in [0.3, 0.4) is 0 Å². The van der Waals surface area contributed by atoms with E-state index in [-0.39, 0.29) is 17.4 Å². The fraction of sp³-hybridized carbons (Fsp3) is 0.0952. The maximum atomic E-state index is 12.0. The summed E-state index contributed by atoms with van der Waals surface area (Å²) < 4.78 is 10.6. The van der Waals surface area contributed by atoms with Gasteiger partial charge in [0.2, 0.25) is 0 Å². The molecule has 8 heteroatoms. The van der Waals surface area contributed by atoms with E-state index in [1.807, 2.05) is 36.4 Å². The highest BCUT2D eigenvalue weighted by molar-refractivity contribution is 6.32. The minimum Gasteiger partial charge on any atom is -0.483 e. The summed E-state index contributed by atoms with van der Waals surface area (Å²) >= 11 is 6.03. The van der Waals surface area contributed by atoms with Gasteiger partial charge in [-0.2, -0.15) is 5.10 Å². The van der Waals surface area contributed by atoms with E-state index in [2.05, 4.69) is 10.5 Å². The van der Waals surface area contributed by atoms with Crippen molar-refractivity contribution >= 4 is 40.5 Å². The van der Waals surface area contributed by atoms with Gasteiger partial charge in [-0.15, -0.1) is 0 Å². The fourth-order valence-corrected chi connectivity index (χ4v) is 2.77. The number of hydrogen-bond acceptors (Lipinski definition) is 5. The third-order valence-corrected chi connectivity index (χ3v) is 4.11. The molecule has 7 nitrogen and oxygen atoms in total. The van der Waals surface area contributed by atoms with E-state index in [4.69, 9.17) is 26.2 Å². The summed E-state index contributed by atoms with van der Waals surface area (Å²) in [5.41, 5.74) is 2.98. The molecule has 0 fully saturated rings. The van der Waals surface area contributed by atoms with Crippen molar-refractivity contribution in [1.29, 1.82) is 0 Å². The molecule has 0 spiro atoms. The van der Waals surface area contributed by atoms with E-state index < -0.39 is 18.5 Å². The Balaban J connectivity index is 1.53. The highest BCUT2D eigenvalue weighted by atomic mass is 35.5. The van der Waals surface area contributed by atoms with Gasteiger partial charge >= 0.3 is 5.97 Å². The van der Waals surface area contributed by atoms with Gasteiger partial charge in [0.25, 0.3) is 5.91 Å². The van der Waals surface area contributed by atoms with Crippen LogP contribution in [0.5, 0.6) is 11.5 Å². The summed E-state index contributed by atoms with van der Waals surface area (Å²) in [5.74, 6) is -0.647. The van der Waals surface area contributed by atoms with Gasteiger partial charge in [0.05, 0.1) is 11.2 Å². The molecule has 0 heterocycles. The number of rotatable bonds is 8. The average molecular weight is 413 g/mol. The number of nitrogens with zero attached hydrogens (tertiary/aromatic N) is 1. The van der Waals surface area contributed by atoms with Crippen LogP contribution in [0, 0.1) is 0 Å². The third-order valence-electron chi connectivity index (χ3n) is 3.82. The molecule has 1 amide bonds. The second-order valence-electron chi connectivity index (χ2n) is 5.93. The molecule has 3 aromatic rings. The van der Waals surface area contributed by atoms with E-state index in [0.29, 0.717) is 11.3 Å². The zero-order valence-electron chi connectivity index (χ0n) is 15.2. The van der Waals surface area contributed by atoms with Gasteiger partial charge < -0.3 is 14.6 Å². The van der Waals surface area contributed by atoms with Crippen molar-refractivity contribution in [1.82, 2.24) is 5.43 Å². The minimum atomic E-state index is -1.10. The summed E-state index contributed by atoms with van der Waals surface area (Å²) in [7, 11) is 0. The van der Waals surface area contributed by atoms with Crippen molar-refractivity contribution in [2.75, 3.05) is 13.2 Å². The number of halogens is 1. The first-order chi connectivity index (χ1) is 14.0. The van der Waals surface area contributed by atoms with Crippen molar-refractivity contribution < 1.29 is 24.2 Å². The van der Waals surface area contributed by atoms with Crippen LogP contribution in [-0.4, -0.2) is 36.4 Å². The molecule has 0 unspecified atom stereocenters. The molecule has 3 rings (SSSR count). The second kappa shape index (κ2) is 9.57. The molecule has 0 aromatic heterocycles. The molecule has 0 aliphatic heterocycles. The van der Waals surface area contributed by atoms with Gasteiger partial charge in [-0.1, -0.05) is 48.0 Å². The molecular formula is C21H17ClN2O5. The minimum absolute atomic E-state index is 0.186. The summed E-state index contributed by atoms with van der Waals surface area (Å²) in [5, 5.41) is 14.7. The first-order valence-corrected chi connectivity index (χ1v) is 8.97. The highest BCUT2D eigenvalue weighted by Gasteiger charge is 2.06. The van der Waals surface area contributed by atoms with Gasteiger partial charge in [-0.3, -0.25) is 4.79 Å². The average Bonchev–Trinajstić information content (AvgIpc) is 2.71. The molecule has 148 valence electrons. The van der Waals surface area contributed by atoms with Crippen molar-refractivity contribution in [3.05, 3.63) is 71.2 Å². The number of nitrogens with one attached hydrogen (secondary N) is 1. The number of carbonyl (C=O) groups excluding carboxylic acids is 1. The summed E-state index contributed by atoms with van der Waals surface area (Å²) in [4.78, 5) is 22.5. The molecule has 29 heavy (non-hydrogen) atoms. The van der Waals surface area contributed by atoms with Crippen LogP contribution >= 0.6 is 11.6 Å². The predicted octanol–water partition coefficient (Wildman–Crippen LogP) is 3.49. The molecule has 0 aliphatic carbocycles. The lowest BCUT2D eigenvalue weighted by Crippen LogP contribution is -2.24. The molecule has 0 saturated carbocycles. The van der Waals surface area contributed by atoms with Crippen LogP contribution in [0.25, 0.3) is 10.8 Å².